The normalized spacial score (nSPS) is 19.8. The van der Waals surface area contributed by atoms with Gasteiger partial charge in [-0.25, -0.2) is 0 Å². The molecule has 0 spiro atoms. The summed E-state index contributed by atoms with van der Waals surface area (Å²) in [7, 11) is 2.19. The van der Waals surface area contributed by atoms with Crippen molar-refractivity contribution in [3.05, 3.63) is 23.8 Å². The van der Waals surface area contributed by atoms with Crippen LogP contribution < -0.4 is 10.6 Å². The molecule has 100 valence electrons. The highest BCUT2D eigenvalue weighted by atomic mass is 15.1. The van der Waals surface area contributed by atoms with Crippen LogP contribution in [0.4, 0.5) is 11.4 Å². The molecule has 2 nitrogen and oxygen atoms in total. The maximum Gasteiger partial charge on any atom is 0.0602 e. The molecule has 0 saturated heterocycles. The lowest BCUT2D eigenvalue weighted by Gasteiger charge is -2.40. The van der Waals surface area contributed by atoms with Gasteiger partial charge in [-0.3, -0.25) is 0 Å². The number of aryl methyl sites for hydroxylation is 1. The van der Waals surface area contributed by atoms with Crippen molar-refractivity contribution in [3.63, 3.8) is 0 Å². The molecule has 0 aliphatic heterocycles. The van der Waals surface area contributed by atoms with Gasteiger partial charge in [0.05, 0.1) is 11.4 Å². The summed E-state index contributed by atoms with van der Waals surface area (Å²) in [6, 6.07) is 6.96. The highest BCUT2D eigenvalue weighted by molar-refractivity contribution is 5.71. The molecular formula is C16H26N2. The summed E-state index contributed by atoms with van der Waals surface area (Å²) in [5.41, 5.74) is 10.0. The van der Waals surface area contributed by atoms with E-state index >= 15 is 0 Å². The predicted molar refractivity (Wildman–Crippen MR) is 80.0 cm³/mol. The van der Waals surface area contributed by atoms with Gasteiger partial charge in [-0.15, -0.1) is 0 Å². The summed E-state index contributed by atoms with van der Waals surface area (Å²) in [6.07, 6.45) is 5.18. The summed E-state index contributed by atoms with van der Waals surface area (Å²) in [6.45, 7) is 6.84. The van der Waals surface area contributed by atoms with E-state index in [0.29, 0.717) is 11.5 Å². The van der Waals surface area contributed by atoms with Gasteiger partial charge in [0.2, 0.25) is 0 Å². The average Bonchev–Trinajstić information content (AvgIpc) is 2.32. The van der Waals surface area contributed by atoms with Gasteiger partial charge in [-0.05, 0) is 49.7 Å². The third-order valence-electron chi connectivity index (χ3n) is 4.54. The van der Waals surface area contributed by atoms with Gasteiger partial charge in [0.15, 0.2) is 0 Å². The summed E-state index contributed by atoms with van der Waals surface area (Å²) in [4.78, 5) is 2.39. The van der Waals surface area contributed by atoms with Crippen LogP contribution >= 0.6 is 0 Å². The molecule has 2 heteroatoms. The topological polar surface area (TPSA) is 29.3 Å². The third-order valence-corrected chi connectivity index (χ3v) is 4.54. The Morgan fingerprint density at radius 2 is 1.83 bits per heavy atom. The second-order valence-corrected chi connectivity index (χ2v) is 6.51. The van der Waals surface area contributed by atoms with Gasteiger partial charge in [0.25, 0.3) is 0 Å². The van der Waals surface area contributed by atoms with Crippen molar-refractivity contribution in [2.24, 2.45) is 5.41 Å². The van der Waals surface area contributed by atoms with E-state index in [-0.39, 0.29) is 0 Å². The molecule has 0 aromatic heterocycles. The first-order chi connectivity index (χ1) is 8.41. The molecule has 0 amide bonds. The zero-order valence-electron chi connectivity index (χ0n) is 12.2. The third kappa shape index (κ3) is 2.63. The fraction of sp³-hybridized carbons (Fsp3) is 0.625. The van der Waals surface area contributed by atoms with Crippen LogP contribution in [0, 0.1) is 12.3 Å². The van der Waals surface area contributed by atoms with Gasteiger partial charge in [-0.1, -0.05) is 26.0 Å². The molecule has 0 unspecified atom stereocenters. The zero-order valence-corrected chi connectivity index (χ0v) is 12.2. The van der Waals surface area contributed by atoms with Crippen molar-refractivity contribution < 1.29 is 0 Å². The van der Waals surface area contributed by atoms with E-state index in [4.69, 9.17) is 5.73 Å². The highest BCUT2D eigenvalue weighted by Crippen LogP contribution is 2.38. The molecule has 0 bridgehead atoms. The Labute approximate surface area is 111 Å². The van der Waals surface area contributed by atoms with Crippen molar-refractivity contribution in [3.8, 4) is 0 Å². The molecule has 1 saturated carbocycles. The lowest BCUT2D eigenvalue weighted by atomic mass is 9.75. The smallest absolute Gasteiger partial charge is 0.0602 e. The molecule has 1 aromatic carbocycles. The number of benzene rings is 1. The molecule has 0 atom stereocenters. The molecule has 0 heterocycles. The molecule has 2 N–H and O–H groups in total. The number of rotatable bonds is 2. The van der Waals surface area contributed by atoms with Crippen LogP contribution in [0.5, 0.6) is 0 Å². The maximum atomic E-state index is 6.20. The molecule has 1 aliphatic carbocycles. The van der Waals surface area contributed by atoms with Crippen molar-refractivity contribution in [2.45, 2.75) is 52.5 Å². The van der Waals surface area contributed by atoms with Crippen molar-refractivity contribution in [1.29, 1.82) is 0 Å². The Morgan fingerprint density at radius 1 is 1.22 bits per heavy atom. The van der Waals surface area contributed by atoms with Gasteiger partial charge in [-0.2, -0.15) is 0 Å². The summed E-state index contributed by atoms with van der Waals surface area (Å²) >= 11 is 0. The van der Waals surface area contributed by atoms with E-state index < -0.39 is 0 Å². The molecule has 1 aromatic rings. The van der Waals surface area contributed by atoms with E-state index in [9.17, 15) is 0 Å². The molecule has 18 heavy (non-hydrogen) atoms. The Bertz CT molecular complexity index is 413. The van der Waals surface area contributed by atoms with Gasteiger partial charge >= 0.3 is 0 Å². The van der Waals surface area contributed by atoms with E-state index in [1.807, 2.05) is 0 Å². The van der Waals surface area contributed by atoms with Gasteiger partial charge < -0.3 is 10.6 Å². The summed E-state index contributed by atoms with van der Waals surface area (Å²) in [5, 5.41) is 0. The maximum absolute atomic E-state index is 6.20. The predicted octanol–water partition coefficient (Wildman–Crippen LogP) is 3.98. The Kier molecular flexibility index (Phi) is 3.56. The number of nitrogen functional groups attached to an aromatic ring is 1. The molecule has 1 aliphatic rings. The SMILES string of the molecule is Cc1cccc(N(C)C2CCC(C)(C)CC2)c1N. The van der Waals surface area contributed by atoms with E-state index in [1.165, 1.54) is 36.9 Å². The Hall–Kier alpha value is -1.18. The molecule has 2 rings (SSSR count). The second kappa shape index (κ2) is 4.83. The average molecular weight is 246 g/mol. The lowest BCUT2D eigenvalue weighted by molar-refractivity contribution is 0.222. The van der Waals surface area contributed by atoms with E-state index in [0.717, 1.165) is 5.69 Å². The number of para-hydroxylation sites is 1. The molecular weight excluding hydrogens is 220 g/mol. The first kappa shape index (κ1) is 13.3. The van der Waals surface area contributed by atoms with E-state index in [1.54, 1.807) is 0 Å². The number of anilines is 2. The quantitative estimate of drug-likeness (QED) is 0.800. The van der Waals surface area contributed by atoms with Crippen LogP contribution in [-0.4, -0.2) is 13.1 Å². The lowest BCUT2D eigenvalue weighted by Crippen LogP contribution is -2.37. The molecule has 1 fully saturated rings. The van der Waals surface area contributed by atoms with Gasteiger partial charge in [0.1, 0.15) is 0 Å². The summed E-state index contributed by atoms with van der Waals surface area (Å²) in [5.74, 6) is 0. The minimum Gasteiger partial charge on any atom is -0.397 e. The van der Waals surface area contributed by atoms with Crippen LogP contribution in [0.2, 0.25) is 0 Å². The van der Waals surface area contributed by atoms with Crippen LogP contribution in [0.25, 0.3) is 0 Å². The van der Waals surface area contributed by atoms with Crippen LogP contribution in [-0.2, 0) is 0 Å². The fourth-order valence-electron chi connectivity index (χ4n) is 2.94. The fourth-order valence-corrected chi connectivity index (χ4v) is 2.94. The number of nitrogens with two attached hydrogens (primary N) is 1. The van der Waals surface area contributed by atoms with E-state index in [2.05, 4.69) is 50.9 Å². The Balaban J connectivity index is 2.12. The van der Waals surface area contributed by atoms with Crippen LogP contribution in [0.1, 0.15) is 45.1 Å². The number of hydrogen-bond acceptors (Lipinski definition) is 2. The monoisotopic (exact) mass is 246 g/mol. The molecule has 0 radical (unpaired) electrons. The zero-order chi connectivity index (χ0) is 13.3. The minimum absolute atomic E-state index is 0.523. The first-order valence-corrected chi connectivity index (χ1v) is 6.99. The van der Waals surface area contributed by atoms with Crippen molar-refractivity contribution in [2.75, 3.05) is 17.7 Å². The first-order valence-electron chi connectivity index (χ1n) is 6.99. The van der Waals surface area contributed by atoms with Crippen LogP contribution in [0.15, 0.2) is 18.2 Å². The Morgan fingerprint density at radius 3 is 2.44 bits per heavy atom. The van der Waals surface area contributed by atoms with Crippen LogP contribution in [0.3, 0.4) is 0 Å². The minimum atomic E-state index is 0.523. The highest BCUT2D eigenvalue weighted by Gasteiger charge is 2.29. The largest absolute Gasteiger partial charge is 0.397 e. The van der Waals surface area contributed by atoms with Crippen molar-refractivity contribution in [1.82, 2.24) is 0 Å². The van der Waals surface area contributed by atoms with Gasteiger partial charge in [0, 0.05) is 13.1 Å². The number of hydrogen-bond donors (Lipinski definition) is 1. The summed E-state index contributed by atoms with van der Waals surface area (Å²) < 4.78 is 0. The number of nitrogens with zero attached hydrogens (tertiary/aromatic N) is 1. The second-order valence-electron chi connectivity index (χ2n) is 6.51. The van der Waals surface area contributed by atoms with Crippen molar-refractivity contribution >= 4 is 11.4 Å². The standard InChI is InChI=1S/C16H26N2/c1-12-6-5-7-14(15(12)17)18(4)13-8-10-16(2,3)11-9-13/h5-7,13H,8-11,17H2,1-4H3.